The molecule has 5 heteroatoms. The number of carbonyl (C=O) groups excluding carboxylic acids is 2. The highest BCUT2D eigenvalue weighted by atomic mass is 16.2. The maximum Gasteiger partial charge on any atom is 0.322 e. The number of benzene rings is 1. The van der Waals surface area contributed by atoms with E-state index in [2.05, 4.69) is 10.6 Å². The van der Waals surface area contributed by atoms with Crippen LogP contribution in [-0.2, 0) is 4.79 Å². The summed E-state index contributed by atoms with van der Waals surface area (Å²) in [5.41, 5.74) is 0.751. The first-order valence-corrected chi connectivity index (χ1v) is 5.69. The molecule has 3 amide bonds. The minimum atomic E-state index is -0.265. The minimum Gasteiger partial charge on any atom is -0.349 e. The average Bonchev–Trinajstić information content (AvgIpc) is 2.67. The summed E-state index contributed by atoms with van der Waals surface area (Å²) < 4.78 is 0. The number of fused-ring (bicyclic) bond motifs is 1. The number of anilines is 1. The molecule has 0 unspecified atom stereocenters. The second kappa shape index (κ2) is 3.76. The van der Waals surface area contributed by atoms with E-state index in [9.17, 15) is 9.59 Å². The van der Waals surface area contributed by atoms with E-state index in [1.165, 1.54) is 0 Å². The molecule has 0 radical (unpaired) electrons. The summed E-state index contributed by atoms with van der Waals surface area (Å²) in [6.45, 7) is 0.632. The number of β-lactam (4-membered cyclic amide) rings is 1. The van der Waals surface area contributed by atoms with Crippen molar-refractivity contribution in [3.63, 3.8) is 0 Å². The van der Waals surface area contributed by atoms with Crippen LogP contribution in [0.1, 0.15) is 6.42 Å². The van der Waals surface area contributed by atoms with Gasteiger partial charge in [-0.1, -0.05) is 18.2 Å². The first-order chi connectivity index (χ1) is 8.25. The number of para-hydroxylation sites is 1. The van der Waals surface area contributed by atoms with Crippen molar-refractivity contribution in [2.75, 3.05) is 11.9 Å². The Kier molecular flexibility index (Phi) is 2.24. The van der Waals surface area contributed by atoms with Crippen molar-refractivity contribution in [3.05, 3.63) is 30.3 Å². The van der Waals surface area contributed by atoms with Crippen LogP contribution < -0.4 is 10.6 Å². The highest BCUT2D eigenvalue weighted by Gasteiger charge is 2.49. The second-order valence-electron chi connectivity index (χ2n) is 4.34. The van der Waals surface area contributed by atoms with Gasteiger partial charge in [0.15, 0.2) is 0 Å². The van der Waals surface area contributed by atoms with E-state index in [1.54, 1.807) is 4.90 Å². The maximum absolute atomic E-state index is 12.0. The third-order valence-corrected chi connectivity index (χ3v) is 3.28. The normalized spacial score (nSPS) is 25.9. The van der Waals surface area contributed by atoms with Gasteiger partial charge in [-0.2, -0.15) is 0 Å². The summed E-state index contributed by atoms with van der Waals surface area (Å²) in [4.78, 5) is 24.9. The number of urea groups is 1. The summed E-state index contributed by atoms with van der Waals surface area (Å²) in [6, 6.07) is 8.96. The molecule has 1 aromatic rings. The molecule has 2 N–H and O–H groups in total. The molecule has 2 saturated heterocycles. The van der Waals surface area contributed by atoms with Gasteiger partial charge in [0.1, 0.15) is 6.04 Å². The van der Waals surface area contributed by atoms with Gasteiger partial charge in [-0.3, -0.25) is 4.79 Å². The number of nitrogens with one attached hydrogen (secondary N) is 2. The molecule has 88 valence electrons. The molecule has 2 aliphatic rings. The fourth-order valence-corrected chi connectivity index (χ4v) is 2.38. The van der Waals surface area contributed by atoms with E-state index < -0.39 is 0 Å². The van der Waals surface area contributed by atoms with Crippen LogP contribution in [0, 0.1) is 0 Å². The molecular formula is C12H13N3O2. The third-order valence-electron chi connectivity index (χ3n) is 3.28. The zero-order chi connectivity index (χ0) is 11.8. The van der Waals surface area contributed by atoms with Gasteiger partial charge in [-0.05, 0) is 18.6 Å². The summed E-state index contributed by atoms with van der Waals surface area (Å²) >= 11 is 0. The molecule has 2 fully saturated rings. The van der Waals surface area contributed by atoms with Gasteiger partial charge in [-0.25, -0.2) is 4.79 Å². The van der Waals surface area contributed by atoms with Crippen molar-refractivity contribution in [1.29, 1.82) is 0 Å². The van der Waals surface area contributed by atoms with Crippen LogP contribution >= 0.6 is 0 Å². The molecule has 1 aromatic carbocycles. The fourth-order valence-electron chi connectivity index (χ4n) is 2.38. The lowest BCUT2D eigenvalue weighted by molar-refractivity contribution is -0.132. The molecule has 2 heterocycles. The Hall–Kier alpha value is -2.04. The van der Waals surface area contributed by atoms with Crippen LogP contribution in [0.15, 0.2) is 30.3 Å². The Balaban J connectivity index is 1.69. The standard InChI is InChI=1S/C12H13N3O2/c16-11-10-9(14-11)6-7-15(10)12(17)13-8-4-2-1-3-5-8/h1-5,9-10H,6-7H2,(H,13,17)(H,14,16)/t9-,10-/m1/s1. The lowest BCUT2D eigenvalue weighted by Gasteiger charge is -2.35. The second-order valence-corrected chi connectivity index (χ2v) is 4.34. The van der Waals surface area contributed by atoms with Gasteiger partial charge in [-0.15, -0.1) is 0 Å². The molecule has 0 bridgehead atoms. The number of nitrogens with zero attached hydrogens (tertiary/aromatic N) is 1. The van der Waals surface area contributed by atoms with Crippen molar-refractivity contribution in [2.45, 2.75) is 18.5 Å². The molecule has 17 heavy (non-hydrogen) atoms. The number of hydrogen-bond donors (Lipinski definition) is 2. The van der Waals surface area contributed by atoms with Crippen LogP contribution in [0.3, 0.4) is 0 Å². The average molecular weight is 231 g/mol. The van der Waals surface area contributed by atoms with E-state index in [0.29, 0.717) is 6.54 Å². The van der Waals surface area contributed by atoms with Gasteiger partial charge in [0.05, 0.1) is 6.04 Å². The summed E-state index contributed by atoms with van der Waals surface area (Å²) in [6.07, 6.45) is 0.846. The fraction of sp³-hybridized carbons (Fsp3) is 0.333. The van der Waals surface area contributed by atoms with Crippen LogP contribution in [0.25, 0.3) is 0 Å². The largest absolute Gasteiger partial charge is 0.349 e. The highest BCUT2D eigenvalue weighted by Crippen LogP contribution is 2.25. The molecule has 5 nitrogen and oxygen atoms in total. The Bertz CT molecular complexity index is 460. The van der Waals surface area contributed by atoms with E-state index in [4.69, 9.17) is 0 Å². The van der Waals surface area contributed by atoms with Crippen LogP contribution in [0.2, 0.25) is 0 Å². The van der Waals surface area contributed by atoms with Crippen LogP contribution in [-0.4, -0.2) is 35.5 Å². The predicted molar refractivity (Wildman–Crippen MR) is 62.5 cm³/mol. The topological polar surface area (TPSA) is 61.4 Å². The van der Waals surface area contributed by atoms with E-state index in [0.717, 1.165) is 12.1 Å². The predicted octanol–water partition coefficient (Wildman–Crippen LogP) is 0.791. The molecule has 0 aliphatic carbocycles. The molecule has 0 spiro atoms. The Labute approximate surface area is 98.8 Å². The summed E-state index contributed by atoms with van der Waals surface area (Å²) in [5, 5.41) is 5.59. The first kappa shape index (κ1) is 10.1. The van der Waals surface area contributed by atoms with Crippen molar-refractivity contribution >= 4 is 17.6 Å². The molecular weight excluding hydrogens is 218 g/mol. The van der Waals surface area contributed by atoms with E-state index in [1.807, 2.05) is 30.3 Å². The van der Waals surface area contributed by atoms with E-state index >= 15 is 0 Å². The van der Waals surface area contributed by atoms with Crippen molar-refractivity contribution < 1.29 is 9.59 Å². The Morgan fingerprint density at radius 1 is 1.35 bits per heavy atom. The smallest absolute Gasteiger partial charge is 0.322 e. The quantitative estimate of drug-likeness (QED) is 0.702. The lowest BCUT2D eigenvalue weighted by Crippen LogP contribution is -2.65. The molecule has 0 saturated carbocycles. The number of hydrogen-bond acceptors (Lipinski definition) is 2. The number of likely N-dealkylation sites (tertiary alicyclic amines) is 1. The molecule has 2 aliphatic heterocycles. The minimum absolute atomic E-state index is 0.0456. The van der Waals surface area contributed by atoms with Crippen LogP contribution in [0.5, 0.6) is 0 Å². The van der Waals surface area contributed by atoms with Gasteiger partial charge >= 0.3 is 6.03 Å². The highest BCUT2D eigenvalue weighted by molar-refractivity contribution is 5.97. The van der Waals surface area contributed by atoms with Crippen LogP contribution in [0.4, 0.5) is 10.5 Å². The first-order valence-electron chi connectivity index (χ1n) is 5.69. The van der Waals surface area contributed by atoms with Gasteiger partial charge in [0.25, 0.3) is 0 Å². The zero-order valence-corrected chi connectivity index (χ0v) is 9.22. The van der Waals surface area contributed by atoms with Crippen molar-refractivity contribution in [2.24, 2.45) is 0 Å². The Morgan fingerprint density at radius 2 is 2.12 bits per heavy atom. The van der Waals surface area contributed by atoms with Gasteiger partial charge < -0.3 is 15.5 Å². The summed E-state index contributed by atoms with van der Waals surface area (Å²) in [7, 11) is 0. The lowest BCUT2D eigenvalue weighted by atomic mass is 10.0. The maximum atomic E-state index is 12.0. The van der Waals surface area contributed by atoms with Crippen molar-refractivity contribution in [1.82, 2.24) is 10.2 Å². The van der Waals surface area contributed by atoms with Gasteiger partial charge in [0, 0.05) is 12.2 Å². The third kappa shape index (κ3) is 1.63. The zero-order valence-electron chi connectivity index (χ0n) is 9.22. The number of rotatable bonds is 1. The monoisotopic (exact) mass is 231 g/mol. The molecule has 2 atom stereocenters. The molecule has 3 rings (SSSR count). The number of carbonyl (C=O) groups is 2. The molecule has 0 aromatic heterocycles. The van der Waals surface area contributed by atoms with Gasteiger partial charge in [0.2, 0.25) is 5.91 Å². The number of amides is 3. The van der Waals surface area contributed by atoms with Crippen molar-refractivity contribution in [3.8, 4) is 0 Å². The Morgan fingerprint density at radius 3 is 2.82 bits per heavy atom. The SMILES string of the molecule is O=C1N[C@@H]2CCN(C(=O)Nc3ccccc3)[C@@H]12. The van der Waals surface area contributed by atoms with E-state index in [-0.39, 0.29) is 24.0 Å². The summed E-state index contributed by atoms with van der Waals surface area (Å²) in [5.74, 6) is -0.0456.